The highest BCUT2D eigenvalue weighted by Gasteiger charge is 2.10. The van der Waals surface area contributed by atoms with Crippen LogP contribution in [0.2, 0.25) is 0 Å². The van der Waals surface area contributed by atoms with E-state index in [4.69, 9.17) is 0 Å². The molecule has 0 heterocycles. The Morgan fingerprint density at radius 3 is 2.35 bits per heavy atom. The maximum atomic E-state index is 12.7. The molecule has 94 valence electrons. The lowest BCUT2D eigenvalue weighted by Gasteiger charge is -2.17. The number of rotatable bonds is 4. The van der Waals surface area contributed by atoms with Crippen molar-refractivity contribution in [1.29, 1.82) is 0 Å². The van der Waals surface area contributed by atoms with Crippen molar-refractivity contribution < 1.29 is 9.18 Å². The van der Waals surface area contributed by atoms with Crippen LogP contribution in [-0.4, -0.2) is 12.1 Å². The highest BCUT2D eigenvalue weighted by Crippen LogP contribution is 2.12. The van der Waals surface area contributed by atoms with E-state index in [0.717, 1.165) is 12.0 Å². The van der Waals surface area contributed by atoms with Crippen molar-refractivity contribution in [2.75, 3.05) is 0 Å². The zero-order valence-electron chi connectivity index (χ0n) is 10.5. The molecule has 1 aromatic carbocycles. The molecule has 0 spiro atoms. The summed E-state index contributed by atoms with van der Waals surface area (Å²) in [6.45, 7) is 5.82. The van der Waals surface area contributed by atoms with Crippen LogP contribution in [0.5, 0.6) is 0 Å². The van der Waals surface area contributed by atoms with Gasteiger partial charge < -0.3 is 10.6 Å². The van der Waals surface area contributed by atoms with Gasteiger partial charge >= 0.3 is 6.03 Å². The zero-order chi connectivity index (χ0) is 12.8. The lowest BCUT2D eigenvalue weighted by Crippen LogP contribution is -2.41. The van der Waals surface area contributed by atoms with E-state index < -0.39 is 0 Å². The molecular weight excluding hydrogens is 219 g/mol. The second-order valence-corrected chi connectivity index (χ2v) is 4.20. The minimum absolute atomic E-state index is 0.139. The summed E-state index contributed by atoms with van der Waals surface area (Å²) < 4.78 is 12.7. The predicted octanol–water partition coefficient (Wildman–Crippen LogP) is 2.98. The first-order valence-electron chi connectivity index (χ1n) is 5.85. The molecule has 0 aliphatic rings. The molecule has 0 fully saturated rings. The number of carbonyl (C=O) groups is 1. The first-order chi connectivity index (χ1) is 8.02. The zero-order valence-corrected chi connectivity index (χ0v) is 10.5. The van der Waals surface area contributed by atoms with Gasteiger partial charge in [0.05, 0.1) is 6.04 Å². The van der Waals surface area contributed by atoms with Crippen LogP contribution >= 0.6 is 0 Å². The monoisotopic (exact) mass is 238 g/mol. The fourth-order valence-electron chi connectivity index (χ4n) is 1.40. The molecule has 0 aliphatic heterocycles. The van der Waals surface area contributed by atoms with Crippen molar-refractivity contribution in [1.82, 2.24) is 10.6 Å². The van der Waals surface area contributed by atoms with E-state index in [-0.39, 0.29) is 23.9 Å². The topological polar surface area (TPSA) is 41.1 Å². The normalized spacial score (nSPS) is 13.9. The Labute approximate surface area is 101 Å². The Balaban J connectivity index is 2.51. The summed E-state index contributed by atoms with van der Waals surface area (Å²) in [5.74, 6) is -0.273. The molecule has 0 radical (unpaired) electrons. The van der Waals surface area contributed by atoms with E-state index in [1.54, 1.807) is 12.1 Å². The van der Waals surface area contributed by atoms with E-state index >= 15 is 0 Å². The van der Waals surface area contributed by atoms with Crippen molar-refractivity contribution >= 4 is 6.03 Å². The number of halogens is 1. The molecule has 17 heavy (non-hydrogen) atoms. The van der Waals surface area contributed by atoms with E-state index in [1.165, 1.54) is 12.1 Å². The van der Waals surface area contributed by atoms with E-state index in [9.17, 15) is 9.18 Å². The molecular formula is C13H19FN2O. The largest absolute Gasteiger partial charge is 0.336 e. The van der Waals surface area contributed by atoms with E-state index in [0.29, 0.717) is 0 Å². The summed E-state index contributed by atoms with van der Waals surface area (Å²) in [6, 6.07) is 5.93. The Morgan fingerprint density at radius 1 is 1.24 bits per heavy atom. The quantitative estimate of drug-likeness (QED) is 0.831. The molecule has 0 aliphatic carbocycles. The fourth-order valence-corrected chi connectivity index (χ4v) is 1.40. The number of amides is 2. The first-order valence-corrected chi connectivity index (χ1v) is 5.85. The first kappa shape index (κ1) is 13.5. The molecule has 1 aromatic rings. The summed E-state index contributed by atoms with van der Waals surface area (Å²) in [6.07, 6.45) is 0.887. The van der Waals surface area contributed by atoms with E-state index in [1.807, 2.05) is 20.8 Å². The minimum atomic E-state index is -0.273. The molecule has 2 amide bonds. The molecule has 1 rings (SSSR count). The Hall–Kier alpha value is -1.58. The second-order valence-electron chi connectivity index (χ2n) is 4.20. The number of hydrogen-bond donors (Lipinski definition) is 2. The molecule has 3 nitrogen and oxygen atoms in total. The summed E-state index contributed by atoms with van der Waals surface area (Å²) in [4.78, 5) is 11.6. The highest BCUT2D eigenvalue weighted by molar-refractivity contribution is 5.74. The molecule has 0 aromatic heterocycles. The number of urea groups is 1. The van der Waals surface area contributed by atoms with Crippen LogP contribution < -0.4 is 10.6 Å². The molecule has 0 saturated carbocycles. The average molecular weight is 238 g/mol. The van der Waals surface area contributed by atoms with Crippen LogP contribution in [0, 0.1) is 5.82 Å². The van der Waals surface area contributed by atoms with Gasteiger partial charge in [0, 0.05) is 6.04 Å². The Kier molecular flexibility index (Phi) is 4.94. The maximum absolute atomic E-state index is 12.7. The predicted molar refractivity (Wildman–Crippen MR) is 66.2 cm³/mol. The smallest absolute Gasteiger partial charge is 0.315 e. The maximum Gasteiger partial charge on any atom is 0.315 e. The lowest BCUT2D eigenvalue weighted by atomic mass is 10.1. The van der Waals surface area contributed by atoms with Crippen LogP contribution in [0.1, 0.15) is 38.8 Å². The number of nitrogens with one attached hydrogen (secondary N) is 2. The van der Waals surface area contributed by atoms with Crippen LogP contribution in [-0.2, 0) is 0 Å². The number of hydrogen-bond acceptors (Lipinski definition) is 1. The average Bonchev–Trinajstić information content (AvgIpc) is 2.29. The van der Waals surface area contributed by atoms with Gasteiger partial charge in [-0.15, -0.1) is 0 Å². The minimum Gasteiger partial charge on any atom is -0.336 e. The van der Waals surface area contributed by atoms with E-state index in [2.05, 4.69) is 10.6 Å². The summed E-state index contributed by atoms with van der Waals surface area (Å²) in [7, 11) is 0. The van der Waals surface area contributed by atoms with Crippen molar-refractivity contribution in [3.8, 4) is 0 Å². The Morgan fingerprint density at radius 2 is 1.82 bits per heavy atom. The van der Waals surface area contributed by atoms with Crippen molar-refractivity contribution in [2.24, 2.45) is 0 Å². The molecule has 4 heteroatoms. The van der Waals surface area contributed by atoms with Gasteiger partial charge in [0.25, 0.3) is 0 Å². The molecule has 0 bridgehead atoms. The van der Waals surface area contributed by atoms with Gasteiger partial charge in [0.15, 0.2) is 0 Å². The van der Waals surface area contributed by atoms with Crippen LogP contribution in [0.25, 0.3) is 0 Å². The fraction of sp³-hybridized carbons (Fsp3) is 0.462. The number of carbonyl (C=O) groups excluding carboxylic acids is 1. The van der Waals surface area contributed by atoms with Crippen LogP contribution in [0.4, 0.5) is 9.18 Å². The standard InChI is InChI=1S/C13H19FN2O/c1-4-9(2)15-13(17)16-10(3)11-5-7-12(14)8-6-11/h5-10H,4H2,1-3H3,(H2,15,16,17)/t9-,10-/m1/s1. The lowest BCUT2D eigenvalue weighted by molar-refractivity contribution is 0.234. The van der Waals surface area contributed by atoms with Crippen LogP contribution in [0.15, 0.2) is 24.3 Å². The van der Waals surface area contributed by atoms with Crippen molar-refractivity contribution in [3.05, 3.63) is 35.6 Å². The third kappa shape index (κ3) is 4.43. The van der Waals surface area contributed by atoms with Gasteiger partial charge in [0.1, 0.15) is 5.82 Å². The van der Waals surface area contributed by atoms with Gasteiger partial charge in [-0.2, -0.15) is 0 Å². The summed E-state index contributed by atoms with van der Waals surface area (Å²) in [5.41, 5.74) is 0.880. The van der Waals surface area contributed by atoms with Gasteiger partial charge in [-0.05, 0) is 38.0 Å². The third-order valence-electron chi connectivity index (χ3n) is 2.71. The van der Waals surface area contributed by atoms with Gasteiger partial charge in [-0.1, -0.05) is 19.1 Å². The van der Waals surface area contributed by atoms with Gasteiger partial charge in [-0.25, -0.2) is 9.18 Å². The highest BCUT2D eigenvalue weighted by atomic mass is 19.1. The van der Waals surface area contributed by atoms with Gasteiger partial charge in [-0.3, -0.25) is 0 Å². The molecule has 0 unspecified atom stereocenters. The number of benzene rings is 1. The second kappa shape index (κ2) is 6.23. The summed E-state index contributed by atoms with van der Waals surface area (Å²) in [5, 5.41) is 5.63. The SMILES string of the molecule is CC[C@@H](C)NC(=O)N[C@H](C)c1ccc(F)cc1. The van der Waals surface area contributed by atoms with Crippen molar-refractivity contribution in [3.63, 3.8) is 0 Å². The Bertz CT molecular complexity index is 364. The molecule has 0 saturated heterocycles. The van der Waals surface area contributed by atoms with Gasteiger partial charge in [0.2, 0.25) is 0 Å². The summed E-state index contributed by atoms with van der Waals surface area (Å²) >= 11 is 0. The third-order valence-corrected chi connectivity index (χ3v) is 2.71. The van der Waals surface area contributed by atoms with Crippen molar-refractivity contribution in [2.45, 2.75) is 39.3 Å². The van der Waals surface area contributed by atoms with Crippen LogP contribution in [0.3, 0.4) is 0 Å². The molecule has 2 atom stereocenters. The molecule has 2 N–H and O–H groups in total.